The largest absolute Gasteiger partial charge is 0.494 e. The Morgan fingerprint density at radius 1 is 1.20 bits per heavy atom. The minimum absolute atomic E-state index is 0.0342. The molecule has 0 aliphatic rings. The van der Waals surface area contributed by atoms with Crippen molar-refractivity contribution in [2.75, 3.05) is 25.1 Å². The lowest BCUT2D eigenvalue weighted by Crippen LogP contribution is -2.13. The van der Waals surface area contributed by atoms with Gasteiger partial charge in [0, 0.05) is 12.5 Å². The molecule has 0 saturated heterocycles. The molecule has 1 aromatic rings. The van der Waals surface area contributed by atoms with Crippen LogP contribution in [0, 0.1) is 0 Å². The number of carbonyl (C=O) groups is 1. The van der Waals surface area contributed by atoms with Crippen LogP contribution in [0.15, 0.2) is 18.2 Å². The number of benzene rings is 1. The van der Waals surface area contributed by atoms with Gasteiger partial charge in [-0.1, -0.05) is 0 Å². The molecule has 0 atom stereocenters. The fourth-order valence-electron chi connectivity index (χ4n) is 1.79. The third kappa shape index (κ3) is 5.48. The van der Waals surface area contributed by atoms with Crippen molar-refractivity contribution in [2.24, 2.45) is 5.73 Å². The van der Waals surface area contributed by atoms with Crippen LogP contribution in [-0.2, 0) is 4.79 Å². The maximum atomic E-state index is 11.9. The molecule has 5 nitrogen and oxygen atoms in total. The number of anilines is 1. The first-order chi connectivity index (χ1) is 9.71. The van der Waals surface area contributed by atoms with E-state index in [9.17, 15) is 4.79 Å². The number of unbranched alkanes of at least 4 members (excludes halogenated alkanes) is 1. The van der Waals surface area contributed by atoms with Gasteiger partial charge in [-0.15, -0.1) is 0 Å². The van der Waals surface area contributed by atoms with Gasteiger partial charge in [0.15, 0.2) is 0 Å². The summed E-state index contributed by atoms with van der Waals surface area (Å²) < 4.78 is 10.9. The molecular formula is C15H24N2O3. The van der Waals surface area contributed by atoms with Crippen molar-refractivity contribution >= 4 is 11.6 Å². The van der Waals surface area contributed by atoms with E-state index in [1.54, 1.807) is 6.07 Å². The van der Waals surface area contributed by atoms with Crippen LogP contribution in [0.5, 0.6) is 11.5 Å². The molecule has 0 radical (unpaired) electrons. The van der Waals surface area contributed by atoms with E-state index in [-0.39, 0.29) is 5.91 Å². The number of hydrogen-bond donors (Lipinski definition) is 2. The van der Waals surface area contributed by atoms with Gasteiger partial charge >= 0.3 is 0 Å². The molecule has 1 rings (SSSR count). The van der Waals surface area contributed by atoms with E-state index in [2.05, 4.69) is 5.32 Å². The van der Waals surface area contributed by atoms with Gasteiger partial charge in [-0.05, 0) is 45.4 Å². The molecule has 0 unspecified atom stereocenters. The maximum Gasteiger partial charge on any atom is 0.224 e. The zero-order valence-corrected chi connectivity index (χ0v) is 12.3. The Balaban J connectivity index is 2.72. The summed E-state index contributed by atoms with van der Waals surface area (Å²) in [5, 5.41) is 2.87. The molecule has 0 aliphatic heterocycles. The molecule has 0 spiro atoms. The number of amides is 1. The Labute approximate surface area is 120 Å². The van der Waals surface area contributed by atoms with E-state index in [4.69, 9.17) is 15.2 Å². The Bertz CT molecular complexity index is 422. The normalized spacial score (nSPS) is 10.2. The average Bonchev–Trinajstić information content (AvgIpc) is 2.42. The Kier molecular flexibility index (Phi) is 7.50. The fraction of sp³-hybridized carbons (Fsp3) is 0.533. The van der Waals surface area contributed by atoms with Gasteiger partial charge in [0.05, 0.1) is 18.9 Å². The molecule has 0 aromatic heterocycles. The smallest absolute Gasteiger partial charge is 0.224 e. The van der Waals surface area contributed by atoms with Crippen LogP contribution in [0.25, 0.3) is 0 Å². The fourth-order valence-corrected chi connectivity index (χ4v) is 1.79. The average molecular weight is 280 g/mol. The van der Waals surface area contributed by atoms with Crippen LogP contribution in [0.4, 0.5) is 5.69 Å². The molecule has 0 heterocycles. The predicted octanol–water partition coefficient (Wildman–Crippen LogP) is 2.55. The summed E-state index contributed by atoms with van der Waals surface area (Å²) in [6, 6.07) is 5.43. The lowest BCUT2D eigenvalue weighted by atomic mass is 10.2. The molecule has 5 heteroatoms. The Morgan fingerprint density at radius 3 is 2.60 bits per heavy atom. The van der Waals surface area contributed by atoms with E-state index in [1.165, 1.54) is 0 Å². The summed E-state index contributed by atoms with van der Waals surface area (Å²) in [7, 11) is 0. The van der Waals surface area contributed by atoms with Crippen molar-refractivity contribution in [2.45, 2.75) is 33.1 Å². The highest BCUT2D eigenvalue weighted by Gasteiger charge is 2.09. The number of nitrogens with two attached hydrogens (primary N) is 1. The second kappa shape index (κ2) is 9.20. The lowest BCUT2D eigenvalue weighted by Gasteiger charge is -2.13. The number of hydrogen-bond acceptors (Lipinski definition) is 4. The lowest BCUT2D eigenvalue weighted by molar-refractivity contribution is -0.116. The zero-order chi connectivity index (χ0) is 14.8. The monoisotopic (exact) mass is 280 g/mol. The van der Waals surface area contributed by atoms with Crippen molar-refractivity contribution < 1.29 is 14.3 Å². The second-order valence-electron chi connectivity index (χ2n) is 4.32. The number of carbonyl (C=O) groups excluding carboxylic acids is 1. The van der Waals surface area contributed by atoms with Crippen molar-refractivity contribution in [1.29, 1.82) is 0 Å². The highest BCUT2D eigenvalue weighted by molar-refractivity contribution is 5.92. The first kappa shape index (κ1) is 16.3. The van der Waals surface area contributed by atoms with Gasteiger partial charge in [-0.25, -0.2) is 0 Å². The minimum Gasteiger partial charge on any atom is -0.494 e. The summed E-state index contributed by atoms with van der Waals surface area (Å²) in [6.45, 7) is 5.56. The number of nitrogens with one attached hydrogen (secondary N) is 1. The molecule has 0 saturated carbocycles. The molecular weight excluding hydrogens is 256 g/mol. The zero-order valence-electron chi connectivity index (χ0n) is 12.3. The van der Waals surface area contributed by atoms with Crippen molar-refractivity contribution in [1.82, 2.24) is 0 Å². The topological polar surface area (TPSA) is 73.6 Å². The van der Waals surface area contributed by atoms with Crippen LogP contribution in [0.3, 0.4) is 0 Å². The SMILES string of the molecule is CCOc1ccc(OCC)c(NC(=O)CCCCN)c1. The quantitative estimate of drug-likeness (QED) is 0.682. The maximum absolute atomic E-state index is 11.9. The first-order valence-electron chi connectivity index (χ1n) is 7.10. The van der Waals surface area contributed by atoms with Crippen LogP contribution in [-0.4, -0.2) is 25.7 Å². The summed E-state index contributed by atoms with van der Waals surface area (Å²) in [5.74, 6) is 1.34. The predicted molar refractivity (Wildman–Crippen MR) is 80.3 cm³/mol. The molecule has 1 amide bonds. The van der Waals surface area contributed by atoms with E-state index in [0.717, 1.165) is 12.8 Å². The van der Waals surface area contributed by atoms with Gasteiger partial charge in [-0.2, -0.15) is 0 Å². The van der Waals surface area contributed by atoms with Gasteiger partial charge in [-0.3, -0.25) is 4.79 Å². The Hall–Kier alpha value is -1.75. The van der Waals surface area contributed by atoms with Gasteiger partial charge in [0.1, 0.15) is 11.5 Å². The summed E-state index contributed by atoms with van der Waals surface area (Å²) in [6.07, 6.45) is 2.10. The van der Waals surface area contributed by atoms with Crippen molar-refractivity contribution in [3.63, 3.8) is 0 Å². The molecule has 20 heavy (non-hydrogen) atoms. The molecule has 0 fully saturated rings. The van der Waals surface area contributed by atoms with Crippen LogP contribution < -0.4 is 20.5 Å². The Morgan fingerprint density at radius 2 is 1.95 bits per heavy atom. The highest BCUT2D eigenvalue weighted by atomic mass is 16.5. The molecule has 0 bridgehead atoms. The van der Waals surface area contributed by atoms with Crippen LogP contribution >= 0.6 is 0 Å². The van der Waals surface area contributed by atoms with E-state index < -0.39 is 0 Å². The molecule has 1 aromatic carbocycles. The summed E-state index contributed by atoms with van der Waals surface area (Å²) in [5.41, 5.74) is 6.06. The number of rotatable bonds is 9. The third-order valence-corrected chi connectivity index (χ3v) is 2.69. The van der Waals surface area contributed by atoms with Crippen LogP contribution in [0.2, 0.25) is 0 Å². The third-order valence-electron chi connectivity index (χ3n) is 2.69. The van der Waals surface area contributed by atoms with E-state index >= 15 is 0 Å². The van der Waals surface area contributed by atoms with Gasteiger partial charge in [0.25, 0.3) is 0 Å². The highest BCUT2D eigenvalue weighted by Crippen LogP contribution is 2.29. The summed E-state index contributed by atoms with van der Waals surface area (Å²) in [4.78, 5) is 11.9. The van der Waals surface area contributed by atoms with E-state index in [1.807, 2.05) is 26.0 Å². The number of ether oxygens (including phenoxy) is 2. The molecule has 112 valence electrons. The minimum atomic E-state index is -0.0342. The van der Waals surface area contributed by atoms with Crippen molar-refractivity contribution in [3.05, 3.63) is 18.2 Å². The molecule has 0 aliphatic carbocycles. The first-order valence-corrected chi connectivity index (χ1v) is 7.10. The van der Waals surface area contributed by atoms with E-state index in [0.29, 0.717) is 43.4 Å². The summed E-state index contributed by atoms with van der Waals surface area (Å²) >= 11 is 0. The molecule has 3 N–H and O–H groups in total. The second-order valence-corrected chi connectivity index (χ2v) is 4.32. The van der Waals surface area contributed by atoms with Crippen molar-refractivity contribution in [3.8, 4) is 11.5 Å². The van der Waals surface area contributed by atoms with Crippen LogP contribution in [0.1, 0.15) is 33.1 Å². The standard InChI is InChI=1S/C15H24N2O3/c1-3-19-12-8-9-14(20-4-2)13(11-12)17-15(18)7-5-6-10-16/h8-9,11H,3-7,10,16H2,1-2H3,(H,17,18). The van der Waals surface area contributed by atoms with Gasteiger partial charge in [0.2, 0.25) is 5.91 Å². The van der Waals surface area contributed by atoms with Gasteiger partial charge < -0.3 is 20.5 Å².